The first-order chi connectivity index (χ1) is 8.31. The molecule has 9 nitrogen and oxygen atoms in total. The summed E-state index contributed by atoms with van der Waals surface area (Å²) in [6.07, 6.45) is -0.718. The molecule has 0 spiro atoms. The minimum atomic E-state index is -4.81. The Labute approximate surface area is 102 Å². The minimum absolute atomic E-state index is 0.0429. The zero-order chi connectivity index (χ0) is 13.8. The fourth-order valence-corrected chi connectivity index (χ4v) is 1.55. The molecule has 0 radical (unpaired) electrons. The standard InChI is InChI=1S/C8H14N3O6P/c9-7-1-2-11(8(13)10-7)3-6(4-12)17-5-18(14,15)16/h1-2,6,12H,3-5H2,(H2,9,10,13)(H2,14,15,16)/p-2/t6-/m1/s1. The molecule has 0 aromatic carbocycles. The lowest BCUT2D eigenvalue weighted by molar-refractivity contribution is -0.319. The number of ether oxygens (including phenoxy) is 1. The maximum absolute atomic E-state index is 11.3. The molecule has 0 unspecified atom stereocenters. The van der Waals surface area contributed by atoms with Crippen molar-refractivity contribution in [1.29, 1.82) is 0 Å². The van der Waals surface area contributed by atoms with Gasteiger partial charge in [0.25, 0.3) is 0 Å². The summed E-state index contributed by atoms with van der Waals surface area (Å²) in [4.78, 5) is 35.6. The molecular formula is C8H12N3O6P-2. The number of nitrogen functional groups attached to an aromatic ring is 1. The third kappa shape index (κ3) is 4.94. The fraction of sp³-hybridized carbons (Fsp3) is 0.500. The number of anilines is 1. The van der Waals surface area contributed by atoms with E-state index in [9.17, 15) is 19.1 Å². The van der Waals surface area contributed by atoms with Gasteiger partial charge >= 0.3 is 5.69 Å². The molecule has 102 valence electrons. The van der Waals surface area contributed by atoms with E-state index in [-0.39, 0.29) is 12.4 Å². The van der Waals surface area contributed by atoms with Crippen molar-refractivity contribution in [3.63, 3.8) is 0 Å². The summed E-state index contributed by atoms with van der Waals surface area (Å²) < 4.78 is 16.2. The van der Waals surface area contributed by atoms with E-state index in [4.69, 9.17) is 10.8 Å². The Balaban J connectivity index is 2.68. The topological polar surface area (TPSA) is 154 Å². The van der Waals surface area contributed by atoms with Crippen LogP contribution in [0.2, 0.25) is 0 Å². The summed E-state index contributed by atoms with van der Waals surface area (Å²) in [7, 11) is -4.81. The van der Waals surface area contributed by atoms with E-state index in [1.165, 1.54) is 12.3 Å². The van der Waals surface area contributed by atoms with Gasteiger partial charge in [0.05, 0.1) is 25.6 Å². The molecule has 0 aliphatic carbocycles. The van der Waals surface area contributed by atoms with E-state index in [1.807, 2.05) is 0 Å². The van der Waals surface area contributed by atoms with E-state index in [0.717, 1.165) is 4.57 Å². The molecule has 1 heterocycles. The molecule has 0 fully saturated rings. The molecule has 18 heavy (non-hydrogen) atoms. The lowest BCUT2D eigenvalue weighted by Crippen LogP contribution is -2.33. The van der Waals surface area contributed by atoms with Crippen molar-refractivity contribution in [3.05, 3.63) is 22.7 Å². The molecule has 3 N–H and O–H groups in total. The molecule has 0 aliphatic heterocycles. The first-order valence-electron chi connectivity index (χ1n) is 4.88. The lowest BCUT2D eigenvalue weighted by atomic mass is 10.3. The van der Waals surface area contributed by atoms with Gasteiger partial charge in [0.2, 0.25) is 0 Å². The second-order valence-electron chi connectivity index (χ2n) is 3.50. The third-order valence-corrected chi connectivity index (χ3v) is 2.43. The van der Waals surface area contributed by atoms with Crippen LogP contribution in [-0.2, 0) is 15.8 Å². The van der Waals surface area contributed by atoms with Gasteiger partial charge in [0.1, 0.15) is 5.82 Å². The van der Waals surface area contributed by atoms with Crippen LogP contribution in [0.1, 0.15) is 0 Å². The molecule has 0 saturated carbocycles. The van der Waals surface area contributed by atoms with Gasteiger partial charge < -0.3 is 29.9 Å². The molecular weight excluding hydrogens is 265 g/mol. The minimum Gasteiger partial charge on any atom is -0.809 e. The summed E-state index contributed by atoms with van der Waals surface area (Å²) >= 11 is 0. The molecule has 10 heteroatoms. The summed E-state index contributed by atoms with van der Waals surface area (Å²) in [5.41, 5.74) is 4.62. The predicted molar refractivity (Wildman–Crippen MR) is 57.3 cm³/mol. The van der Waals surface area contributed by atoms with E-state index in [0.29, 0.717) is 0 Å². The molecule has 0 saturated heterocycles. The highest BCUT2D eigenvalue weighted by Crippen LogP contribution is 2.23. The zero-order valence-electron chi connectivity index (χ0n) is 9.26. The highest BCUT2D eigenvalue weighted by Gasteiger charge is 2.11. The normalized spacial score (nSPS) is 13.5. The van der Waals surface area contributed by atoms with Crippen molar-refractivity contribution < 1.29 is 24.2 Å². The number of hydrogen-bond acceptors (Lipinski definition) is 8. The molecule has 1 aromatic heterocycles. The van der Waals surface area contributed by atoms with Crippen molar-refractivity contribution in [3.8, 4) is 0 Å². The maximum Gasteiger partial charge on any atom is 0.349 e. The van der Waals surface area contributed by atoms with Crippen molar-refractivity contribution >= 4 is 13.4 Å². The van der Waals surface area contributed by atoms with Gasteiger partial charge in [-0.25, -0.2) is 4.79 Å². The van der Waals surface area contributed by atoms with Crippen LogP contribution < -0.4 is 21.2 Å². The first kappa shape index (κ1) is 14.8. The Morgan fingerprint density at radius 1 is 1.61 bits per heavy atom. The Bertz CT molecular complexity index is 498. The number of aromatic nitrogens is 2. The van der Waals surface area contributed by atoms with Crippen LogP contribution in [0.3, 0.4) is 0 Å². The average molecular weight is 277 g/mol. The van der Waals surface area contributed by atoms with Gasteiger partial charge in [-0.3, -0.25) is 4.57 Å². The van der Waals surface area contributed by atoms with Crippen molar-refractivity contribution in [1.82, 2.24) is 9.55 Å². The van der Waals surface area contributed by atoms with Crippen LogP contribution in [0.4, 0.5) is 5.82 Å². The van der Waals surface area contributed by atoms with Crippen molar-refractivity contribution in [2.24, 2.45) is 0 Å². The second-order valence-corrected chi connectivity index (χ2v) is 4.98. The summed E-state index contributed by atoms with van der Waals surface area (Å²) in [5, 5.41) is 8.95. The van der Waals surface area contributed by atoms with Gasteiger partial charge in [-0.1, -0.05) is 0 Å². The molecule has 0 bridgehead atoms. The monoisotopic (exact) mass is 277 g/mol. The molecule has 0 amide bonds. The van der Waals surface area contributed by atoms with Crippen LogP contribution in [0, 0.1) is 0 Å². The van der Waals surface area contributed by atoms with E-state index in [1.54, 1.807) is 0 Å². The zero-order valence-corrected chi connectivity index (χ0v) is 10.2. The summed E-state index contributed by atoms with van der Waals surface area (Å²) in [5.74, 6) is 0.0429. The first-order valence-corrected chi connectivity index (χ1v) is 6.61. The van der Waals surface area contributed by atoms with Crippen molar-refractivity contribution in [2.45, 2.75) is 12.6 Å². The number of nitrogens with zero attached hydrogens (tertiary/aromatic N) is 2. The van der Waals surface area contributed by atoms with Gasteiger partial charge in [-0.15, -0.1) is 0 Å². The van der Waals surface area contributed by atoms with Gasteiger partial charge in [0.15, 0.2) is 0 Å². The Hall–Kier alpha value is -1.25. The predicted octanol–water partition coefficient (Wildman–Crippen LogP) is -2.93. The highest BCUT2D eigenvalue weighted by atomic mass is 31.2. The Morgan fingerprint density at radius 3 is 2.78 bits per heavy atom. The summed E-state index contributed by atoms with van der Waals surface area (Å²) in [6.45, 7) is -0.681. The largest absolute Gasteiger partial charge is 0.809 e. The van der Waals surface area contributed by atoms with E-state index >= 15 is 0 Å². The number of rotatable bonds is 6. The average Bonchev–Trinajstić information content (AvgIpc) is 2.25. The van der Waals surface area contributed by atoms with Crippen LogP contribution in [0.5, 0.6) is 0 Å². The Kier molecular flexibility index (Phi) is 5.00. The van der Waals surface area contributed by atoms with E-state index < -0.39 is 32.3 Å². The van der Waals surface area contributed by atoms with Crippen LogP contribution in [0.25, 0.3) is 0 Å². The molecule has 1 aromatic rings. The maximum atomic E-state index is 11.3. The molecule has 1 rings (SSSR count). The quantitative estimate of drug-likeness (QED) is 0.524. The second kappa shape index (κ2) is 6.07. The third-order valence-electron chi connectivity index (χ3n) is 1.97. The molecule has 1 atom stereocenters. The van der Waals surface area contributed by atoms with Gasteiger partial charge in [-0.2, -0.15) is 4.98 Å². The SMILES string of the molecule is Nc1ccn(C[C@H](CO)OCP(=O)([O-])[O-])c(=O)n1. The van der Waals surface area contributed by atoms with Gasteiger partial charge in [-0.05, 0) is 13.7 Å². The summed E-state index contributed by atoms with van der Waals surface area (Å²) in [6, 6.07) is 1.36. The van der Waals surface area contributed by atoms with Gasteiger partial charge in [0, 0.05) is 6.20 Å². The Morgan fingerprint density at radius 2 is 2.28 bits per heavy atom. The van der Waals surface area contributed by atoms with E-state index in [2.05, 4.69) is 9.72 Å². The fourth-order valence-electron chi connectivity index (χ4n) is 1.16. The van der Waals surface area contributed by atoms with Crippen LogP contribution in [-0.4, -0.2) is 33.7 Å². The number of aliphatic hydroxyl groups excluding tert-OH is 1. The van der Waals surface area contributed by atoms with Crippen LogP contribution >= 0.6 is 7.60 Å². The van der Waals surface area contributed by atoms with Crippen LogP contribution in [0.15, 0.2) is 17.1 Å². The smallest absolute Gasteiger partial charge is 0.349 e. The lowest BCUT2D eigenvalue weighted by Gasteiger charge is -2.30. The van der Waals surface area contributed by atoms with Crippen molar-refractivity contribution in [2.75, 3.05) is 18.7 Å². The number of hydrogen-bond donors (Lipinski definition) is 2. The molecule has 0 aliphatic rings. The number of aliphatic hydroxyl groups is 1. The highest BCUT2D eigenvalue weighted by molar-refractivity contribution is 7.48. The number of nitrogens with two attached hydrogens (primary N) is 1.